The average Bonchev–Trinajstić information content (AvgIpc) is 2.78. The predicted octanol–water partition coefficient (Wildman–Crippen LogP) is 4.47. The first-order valence-corrected chi connectivity index (χ1v) is 9.86. The second-order valence-electron chi connectivity index (χ2n) is 7.12. The van der Waals surface area contributed by atoms with E-state index in [-0.39, 0.29) is 24.2 Å². The predicted molar refractivity (Wildman–Crippen MR) is 116 cm³/mol. The zero-order chi connectivity index (χ0) is 20.5. The highest BCUT2D eigenvalue weighted by Gasteiger charge is 2.19. The van der Waals surface area contributed by atoms with Gasteiger partial charge in [0.1, 0.15) is 0 Å². The van der Waals surface area contributed by atoms with Gasteiger partial charge in [-0.3, -0.25) is 9.59 Å². The summed E-state index contributed by atoms with van der Waals surface area (Å²) < 4.78 is 0. The molecule has 0 saturated heterocycles. The minimum Gasteiger partial charge on any atom is -0.355 e. The molecule has 0 aliphatic carbocycles. The largest absolute Gasteiger partial charge is 0.355 e. The molecule has 0 aliphatic heterocycles. The van der Waals surface area contributed by atoms with Crippen LogP contribution in [0.5, 0.6) is 0 Å². The topological polar surface area (TPSA) is 58.2 Å². The normalized spacial score (nSPS) is 12.6. The zero-order valence-corrected chi connectivity index (χ0v) is 16.5. The summed E-state index contributed by atoms with van der Waals surface area (Å²) in [5, 5.41) is 6.00. The quantitative estimate of drug-likeness (QED) is 0.600. The van der Waals surface area contributed by atoms with Crippen molar-refractivity contribution in [2.24, 2.45) is 0 Å². The first kappa shape index (κ1) is 20.3. The van der Waals surface area contributed by atoms with Crippen LogP contribution in [0, 0.1) is 0 Å². The van der Waals surface area contributed by atoms with E-state index < -0.39 is 6.04 Å². The summed E-state index contributed by atoms with van der Waals surface area (Å²) in [4.78, 5) is 25.2. The van der Waals surface area contributed by atoms with Gasteiger partial charge in [-0.15, -0.1) is 0 Å². The third-order valence-electron chi connectivity index (χ3n) is 4.91. The van der Waals surface area contributed by atoms with Gasteiger partial charge in [0.25, 0.3) is 5.91 Å². The number of rotatable bonds is 8. The Bertz CT molecular complexity index is 911. The summed E-state index contributed by atoms with van der Waals surface area (Å²) in [6.07, 6.45) is 0.185. The Morgan fingerprint density at radius 3 is 1.86 bits per heavy atom. The molecule has 0 aromatic heterocycles. The van der Waals surface area contributed by atoms with Gasteiger partial charge in [0.05, 0.1) is 12.5 Å². The van der Waals surface area contributed by atoms with E-state index >= 15 is 0 Å². The summed E-state index contributed by atoms with van der Waals surface area (Å²) in [5.74, 6) is -0.0610. The fraction of sp³-hybridized carbons (Fsp3) is 0.200. The molecule has 3 aromatic carbocycles. The molecule has 2 amide bonds. The van der Waals surface area contributed by atoms with Crippen LogP contribution in [0.15, 0.2) is 91.0 Å². The van der Waals surface area contributed by atoms with Crippen LogP contribution >= 0.6 is 0 Å². The van der Waals surface area contributed by atoms with Crippen molar-refractivity contribution in [2.75, 3.05) is 6.54 Å². The van der Waals surface area contributed by atoms with Gasteiger partial charge in [-0.1, -0.05) is 85.8 Å². The molecule has 4 nitrogen and oxygen atoms in total. The second kappa shape index (κ2) is 10.2. The van der Waals surface area contributed by atoms with Crippen molar-refractivity contribution in [3.63, 3.8) is 0 Å². The van der Waals surface area contributed by atoms with E-state index in [1.54, 1.807) is 12.1 Å². The minimum atomic E-state index is -0.393. The molecular formula is C25H26N2O2. The van der Waals surface area contributed by atoms with Gasteiger partial charge in [-0.2, -0.15) is 0 Å². The number of hydrogen-bond donors (Lipinski definition) is 2. The van der Waals surface area contributed by atoms with Gasteiger partial charge in [-0.25, -0.2) is 0 Å². The lowest BCUT2D eigenvalue weighted by Crippen LogP contribution is -2.35. The maximum Gasteiger partial charge on any atom is 0.251 e. The molecular weight excluding hydrogens is 360 g/mol. The fourth-order valence-corrected chi connectivity index (χ4v) is 3.19. The van der Waals surface area contributed by atoms with Crippen molar-refractivity contribution in [1.82, 2.24) is 10.6 Å². The lowest BCUT2D eigenvalue weighted by atomic mass is 10.0. The third-order valence-corrected chi connectivity index (χ3v) is 4.91. The SMILES string of the molecule is CC(CNC(=O)CC(NC(=O)c1ccccc1)c1ccccc1)c1ccccc1. The van der Waals surface area contributed by atoms with E-state index in [4.69, 9.17) is 0 Å². The average molecular weight is 386 g/mol. The van der Waals surface area contributed by atoms with Crippen LogP contribution in [-0.4, -0.2) is 18.4 Å². The molecule has 3 rings (SSSR count). The summed E-state index contributed by atoms with van der Waals surface area (Å²) in [7, 11) is 0. The van der Waals surface area contributed by atoms with Gasteiger partial charge in [0, 0.05) is 12.1 Å². The van der Waals surface area contributed by atoms with Crippen LogP contribution in [0.25, 0.3) is 0 Å². The highest BCUT2D eigenvalue weighted by molar-refractivity contribution is 5.94. The zero-order valence-electron chi connectivity index (χ0n) is 16.5. The molecule has 148 valence electrons. The molecule has 0 bridgehead atoms. The van der Waals surface area contributed by atoms with Gasteiger partial charge in [0.2, 0.25) is 5.91 Å². The van der Waals surface area contributed by atoms with Crippen molar-refractivity contribution < 1.29 is 9.59 Å². The number of hydrogen-bond acceptors (Lipinski definition) is 2. The van der Waals surface area contributed by atoms with Gasteiger partial charge in [-0.05, 0) is 29.2 Å². The molecule has 0 fully saturated rings. The van der Waals surface area contributed by atoms with E-state index in [0.29, 0.717) is 12.1 Å². The second-order valence-corrected chi connectivity index (χ2v) is 7.12. The molecule has 0 aliphatic rings. The molecule has 2 unspecified atom stereocenters. The molecule has 3 aromatic rings. The Hall–Kier alpha value is -3.40. The Morgan fingerprint density at radius 2 is 1.28 bits per heavy atom. The molecule has 2 atom stereocenters. The van der Waals surface area contributed by atoms with Crippen LogP contribution in [0.4, 0.5) is 0 Å². The highest BCUT2D eigenvalue weighted by atomic mass is 16.2. The van der Waals surface area contributed by atoms with E-state index in [1.807, 2.05) is 66.7 Å². The molecule has 2 N–H and O–H groups in total. The van der Waals surface area contributed by atoms with E-state index in [1.165, 1.54) is 5.56 Å². The maximum absolute atomic E-state index is 12.6. The number of benzene rings is 3. The van der Waals surface area contributed by atoms with Crippen LogP contribution < -0.4 is 10.6 Å². The molecule has 29 heavy (non-hydrogen) atoms. The molecule has 0 heterocycles. The first-order valence-electron chi connectivity index (χ1n) is 9.86. The van der Waals surface area contributed by atoms with E-state index in [2.05, 4.69) is 29.7 Å². The van der Waals surface area contributed by atoms with Gasteiger partial charge >= 0.3 is 0 Å². The minimum absolute atomic E-state index is 0.0880. The molecule has 0 saturated carbocycles. The van der Waals surface area contributed by atoms with Crippen molar-refractivity contribution in [3.05, 3.63) is 108 Å². The monoisotopic (exact) mass is 386 g/mol. The lowest BCUT2D eigenvalue weighted by molar-refractivity contribution is -0.121. The summed E-state index contributed by atoms with van der Waals surface area (Å²) in [5.41, 5.74) is 2.67. The standard InChI is InChI=1S/C25H26N2O2/c1-19(20-11-5-2-6-12-20)18-26-24(28)17-23(21-13-7-3-8-14-21)27-25(29)22-15-9-4-10-16-22/h2-16,19,23H,17-18H2,1H3,(H,26,28)(H,27,29). The van der Waals surface area contributed by atoms with Crippen LogP contribution in [0.3, 0.4) is 0 Å². The van der Waals surface area contributed by atoms with Gasteiger partial charge in [0.15, 0.2) is 0 Å². The van der Waals surface area contributed by atoms with Crippen molar-refractivity contribution in [2.45, 2.75) is 25.3 Å². The Labute approximate surface area is 172 Å². The molecule has 4 heteroatoms. The van der Waals surface area contributed by atoms with Crippen LogP contribution in [0.2, 0.25) is 0 Å². The lowest BCUT2D eigenvalue weighted by Gasteiger charge is -2.20. The first-order chi connectivity index (χ1) is 14.1. The maximum atomic E-state index is 12.6. The van der Waals surface area contributed by atoms with Crippen LogP contribution in [0.1, 0.15) is 46.8 Å². The van der Waals surface area contributed by atoms with Gasteiger partial charge < -0.3 is 10.6 Å². The smallest absolute Gasteiger partial charge is 0.251 e. The van der Waals surface area contributed by atoms with Crippen molar-refractivity contribution >= 4 is 11.8 Å². The fourth-order valence-electron chi connectivity index (χ4n) is 3.19. The van der Waals surface area contributed by atoms with Crippen molar-refractivity contribution in [3.8, 4) is 0 Å². The number of amides is 2. The Kier molecular flexibility index (Phi) is 7.17. The van der Waals surface area contributed by atoms with Crippen molar-refractivity contribution in [1.29, 1.82) is 0 Å². The number of nitrogens with one attached hydrogen (secondary N) is 2. The van der Waals surface area contributed by atoms with E-state index in [9.17, 15) is 9.59 Å². The summed E-state index contributed by atoms with van der Waals surface area (Å²) in [6.45, 7) is 2.64. The Morgan fingerprint density at radius 1 is 0.759 bits per heavy atom. The summed E-state index contributed by atoms with van der Waals surface area (Å²) in [6, 6.07) is 28.3. The number of carbonyl (C=O) groups is 2. The highest BCUT2D eigenvalue weighted by Crippen LogP contribution is 2.18. The number of carbonyl (C=O) groups excluding carboxylic acids is 2. The molecule has 0 spiro atoms. The van der Waals surface area contributed by atoms with Crippen LogP contribution in [-0.2, 0) is 4.79 Å². The molecule has 0 radical (unpaired) electrons. The van der Waals surface area contributed by atoms with E-state index in [0.717, 1.165) is 5.56 Å². The third kappa shape index (κ3) is 6.04. The summed E-state index contributed by atoms with van der Waals surface area (Å²) >= 11 is 0. The Balaban J connectivity index is 1.63.